The predicted molar refractivity (Wildman–Crippen MR) is 107 cm³/mol. The number of carbonyl (C=O) groups is 1. The third-order valence-electron chi connectivity index (χ3n) is 3.76. The standard InChI is InChI=1S/C21H17Cl2NO2/c1-14-2-4-15(5-3-14)16-6-8-20(9-7-16)26-13-21(25)24-19-11-17(22)10-18(23)12-19/h2-12H,13H2,1H3,(H,24,25). The molecule has 1 amide bonds. The minimum absolute atomic E-state index is 0.103. The highest BCUT2D eigenvalue weighted by atomic mass is 35.5. The molecule has 0 saturated heterocycles. The van der Waals surface area contributed by atoms with E-state index in [1.807, 2.05) is 24.3 Å². The Hall–Kier alpha value is -2.49. The van der Waals surface area contributed by atoms with E-state index in [0.717, 1.165) is 11.1 Å². The number of hydrogen-bond donors (Lipinski definition) is 1. The Balaban J connectivity index is 1.57. The fourth-order valence-electron chi connectivity index (χ4n) is 2.46. The first kappa shape index (κ1) is 18.3. The molecule has 132 valence electrons. The van der Waals surface area contributed by atoms with E-state index in [4.69, 9.17) is 27.9 Å². The Morgan fingerprint density at radius 3 is 2.00 bits per heavy atom. The van der Waals surface area contributed by atoms with Gasteiger partial charge in [0.1, 0.15) is 5.75 Å². The van der Waals surface area contributed by atoms with E-state index in [9.17, 15) is 4.79 Å². The van der Waals surface area contributed by atoms with E-state index in [1.165, 1.54) is 5.56 Å². The number of halogens is 2. The zero-order valence-electron chi connectivity index (χ0n) is 14.1. The van der Waals surface area contributed by atoms with E-state index < -0.39 is 0 Å². The predicted octanol–water partition coefficient (Wildman–Crippen LogP) is 5.99. The van der Waals surface area contributed by atoms with Crippen molar-refractivity contribution >= 4 is 34.8 Å². The lowest BCUT2D eigenvalue weighted by Gasteiger charge is -2.09. The van der Waals surface area contributed by atoms with Crippen molar-refractivity contribution in [3.63, 3.8) is 0 Å². The molecule has 3 aromatic rings. The van der Waals surface area contributed by atoms with Crippen LogP contribution in [0.15, 0.2) is 66.7 Å². The quantitative estimate of drug-likeness (QED) is 0.585. The zero-order chi connectivity index (χ0) is 18.5. The first-order valence-corrected chi connectivity index (χ1v) is 8.81. The minimum Gasteiger partial charge on any atom is -0.484 e. The van der Waals surface area contributed by atoms with E-state index in [1.54, 1.807) is 18.2 Å². The van der Waals surface area contributed by atoms with Crippen LogP contribution in [0.25, 0.3) is 11.1 Å². The molecule has 0 heterocycles. The van der Waals surface area contributed by atoms with E-state index in [0.29, 0.717) is 21.5 Å². The lowest BCUT2D eigenvalue weighted by molar-refractivity contribution is -0.118. The second kappa shape index (κ2) is 8.26. The average molecular weight is 386 g/mol. The lowest BCUT2D eigenvalue weighted by Crippen LogP contribution is -2.20. The largest absolute Gasteiger partial charge is 0.484 e. The first-order valence-electron chi connectivity index (χ1n) is 8.05. The van der Waals surface area contributed by atoms with Crippen LogP contribution >= 0.6 is 23.2 Å². The molecule has 0 saturated carbocycles. The van der Waals surface area contributed by atoms with Crippen LogP contribution in [-0.4, -0.2) is 12.5 Å². The SMILES string of the molecule is Cc1ccc(-c2ccc(OCC(=O)Nc3cc(Cl)cc(Cl)c3)cc2)cc1. The van der Waals surface area contributed by atoms with Gasteiger partial charge in [-0.3, -0.25) is 4.79 Å². The molecular formula is C21H17Cl2NO2. The van der Waals surface area contributed by atoms with Gasteiger partial charge in [-0.2, -0.15) is 0 Å². The van der Waals surface area contributed by atoms with Gasteiger partial charge in [0.25, 0.3) is 5.91 Å². The third-order valence-corrected chi connectivity index (χ3v) is 4.19. The molecule has 0 aliphatic rings. The third kappa shape index (κ3) is 5.01. The molecule has 0 fully saturated rings. The van der Waals surface area contributed by atoms with Gasteiger partial charge in [0.15, 0.2) is 6.61 Å². The summed E-state index contributed by atoms with van der Waals surface area (Å²) in [7, 11) is 0. The molecule has 0 aliphatic carbocycles. The lowest BCUT2D eigenvalue weighted by atomic mass is 10.0. The van der Waals surface area contributed by atoms with Crippen molar-refractivity contribution in [2.45, 2.75) is 6.92 Å². The van der Waals surface area contributed by atoms with Gasteiger partial charge in [0, 0.05) is 15.7 Å². The van der Waals surface area contributed by atoms with Crippen LogP contribution < -0.4 is 10.1 Å². The van der Waals surface area contributed by atoms with Crippen LogP contribution in [0.1, 0.15) is 5.56 Å². The van der Waals surface area contributed by atoms with Crippen LogP contribution in [0.2, 0.25) is 10.0 Å². The highest BCUT2D eigenvalue weighted by molar-refractivity contribution is 6.35. The van der Waals surface area contributed by atoms with Crippen molar-refractivity contribution in [2.24, 2.45) is 0 Å². The normalized spacial score (nSPS) is 10.4. The van der Waals surface area contributed by atoms with Gasteiger partial charge >= 0.3 is 0 Å². The number of benzene rings is 3. The number of ether oxygens (including phenoxy) is 1. The molecule has 0 bridgehead atoms. The number of anilines is 1. The number of rotatable bonds is 5. The van der Waals surface area contributed by atoms with Gasteiger partial charge in [0.2, 0.25) is 0 Å². The maximum absolute atomic E-state index is 12.0. The summed E-state index contributed by atoms with van der Waals surface area (Å²) in [6, 6.07) is 20.8. The highest BCUT2D eigenvalue weighted by Crippen LogP contribution is 2.24. The summed E-state index contributed by atoms with van der Waals surface area (Å²) in [6.07, 6.45) is 0. The van der Waals surface area contributed by atoms with Crippen LogP contribution in [0, 0.1) is 6.92 Å². The molecule has 3 rings (SSSR count). The van der Waals surface area contributed by atoms with E-state index in [-0.39, 0.29) is 12.5 Å². The van der Waals surface area contributed by atoms with Crippen molar-refractivity contribution in [3.8, 4) is 16.9 Å². The first-order chi connectivity index (χ1) is 12.5. The summed E-state index contributed by atoms with van der Waals surface area (Å²) in [5, 5.41) is 3.62. The summed E-state index contributed by atoms with van der Waals surface area (Å²) in [6.45, 7) is 1.96. The Morgan fingerprint density at radius 1 is 0.885 bits per heavy atom. The van der Waals surface area contributed by atoms with Crippen LogP contribution in [-0.2, 0) is 4.79 Å². The molecule has 0 spiro atoms. The van der Waals surface area contributed by atoms with Crippen molar-refractivity contribution in [3.05, 3.63) is 82.3 Å². The molecule has 1 N–H and O–H groups in total. The van der Waals surface area contributed by atoms with Crippen LogP contribution in [0.4, 0.5) is 5.69 Å². The van der Waals surface area contributed by atoms with Gasteiger partial charge in [-0.25, -0.2) is 0 Å². The van der Waals surface area contributed by atoms with Crippen molar-refractivity contribution in [1.29, 1.82) is 0 Å². The molecule has 5 heteroatoms. The summed E-state index contributed by atoms with van der Waals surface area (Å²) in [4.78, 5) is 12.0. The van der Waals surface area contributed by atoms with Crippen molar-refractivity contribution in [2.75, 3.05) is 11.9 Å². The number of aryl methyl sites for hydroxylation is 1. The van der Waals surface area contributed by atoms with E-state index in [2.05, 4.69) is 36.5 Å². The fraction of sp³-hybridized carbons (Fsp3) is 0.0952. The van der Waals surface area contributed by atoms with Crippen molar-refractivity contribution in [1.82, 2.24) is 0 Å². The molecule has 0 atom stereocenters. The Kier molecular flexibility index (Phi) is 5.82. The van der Waals surface area contributed by atoms with E-state index >= 15 is 0 Å². The smallest absolute Gasteiger partial charge is 0.262 e. The molecule has 3 aromatic carbocycles. The second-order valence-electron chi connectivity index (χ2n) is 5.89. The topological polar surface area (TPSA) is 38.3 Å². The second-order valence-corrected chi connectivity index (χ2v) is 6.76. The van der Waals surface area contributed by atoms with Crippen molar-refractivity contribution < 1.29 is 9.53 Å². The summed E-state index contributed by atoms with van der Waals surface area (Å²) in [5.74, 6) is 0.339. The molecular weight excluding hydrogens is 369 g/mol. The zero-order valence-corrected chi connectivity index (χ0v) is 15.6. The molecule has 0 aromatic heterocycles. The van der Waals surface area contributed by atoms with Gasteiger partial charge in [-0.1, -0.05) is 65.2 Å². The summed E-state index contributed by atoms with van der Waals surface area (Å²) in [5.41, 5.74) is 3.99. The van der Waals surface area contributed by atoms with Gasteiger partial charge in [-0.05, 0) is 48.4 Å². The van der Waals surface area contributed by atoms with Gasteiger partial charge < -0.3 is 10.1 Å². The number of amides is 1. The molecule has 3 nitrogen and oxygen atoms in total. The monoisotopic (exact) mass is 385 g/mol. The fourth-order valence-corrected chi connectivity index (χ4v) is 2.99. The Bertz CT molecular complexity index is 886. The minimum atomic E-state index is -0.286. The maximum atomic E-state index is 12.0. The molecule has 0 aliphatic heterocycles. The Morgan fingerprint density at radius 2 is 1.42 bits per heavy atom. The summed E-state index contributed by atoms with van der Waals surface area (Å²) < 4.78 is 5.53. The van der Waals surface area contributed by atoms with Gasteiger partial charge in [-0.15, -0.1) is 0 Å². The summed E-state index contributed by atoms with van der Waals surface area (Å²) >= 11 is 11.8. The highest BCUT2D eigenvalue weighted by Gasteiger charge is 2.06. The number of nitrogens with one attached hydrogen (secondary N) is 1. The van der Waals surface area contributed by atoms with Crippen LogP contribution in [0.5, 0.6) is 5.75 Å². The number of hydrogen-bond acceptors (Lipinski definition) is 2. The molecule has 0 radical (unpaired) electrons. The van der Waals surface area contributed by atoms with Crippen LogP contribution in [0.3, 0.4) is 0 Å². The molecule has 0 unspecified atom stereocenters. The molecule has 26 heavy (non-hydrogen) atoms. The maximum Gasteiger partial charge on any atom is 0.262 e. The van der Waals surface area contributed by atoms with Gasteiger partial charge in [0.05, 0.1) is 0 Å². The Labute approximate surface area is 162 Å². The number of carbonyl (C=O) groups excluding carboxylic acids is 1. The average Bonchev–Trinajstić information content (AvgIpc) is 2.60.